The van der Waals surface area contributed by atoms with E-state index >= 15 is 0 Å². The Kier molecular flexibility index (Phi) is 5.23. The van der Waals surface area contributed by atoms with E-state index in [4.69, 9.17) is 0 Å². The Bertz CT molecular complexity index is 42.8. The van der Waals surface area contributed by atoms with Crippen LogP contribution in [-0.4, -0.2) is 8.35 Å². The third kappa shape index (κ3) is 3.39. The highest BCUT2D eigenvalue weighted by atomic mass is 127. The minimum Gasteiger partial charge on any atom is -0.102 e. The summed E-state index contributed by atoms with van der Waals surface area (Å²) in [5, 5.41) is 0. The van der Waals surface area contributed by atoms with E-state index in [0.29, 0.717) is 3.92 Å². The molecule has 0 saturated heterocycles. The molecule has 0 fully saturated rings. The second-order valence-electron chi connectivity index (χ2n) is 0.906. The van der Waals surface area contributed by atoms with Crippen molar-refractivity contribution in [3.63, 3.8) is 0 Å². The fraction of sp³-hybridized carbons (Fsp3) is 0.500. The molecule has 0 nitrogen and oxygen atoms in total. The van der Waals surface area contributed by atoms with Crippen LogP contribution in [0.15, 0.2) is 12.7 Å². The third-order valence-electron chi connectivity index (χ3n) is 0.403. The van der Waals surface area contributed by atoms with Crippen molar-refractivity contribution in [2.24, 2.45) is 0 Å². The summed E-state index contributed by atoms with van der Waals surface area (Å²) in [6.45, 7) is 3.62. The first-order chi connectivity index (χ1) is 2.81. The summed E-state index contributed by atoms with van der Waals surface area (Å²) in [5.41, 5.74) is 0. The lowest BCUT2D eigenvalue weighted by molar-refractivity contribution is 1.37. The summed E-state index contributed by atoms with van der Waals surface area (Å²) in [5.74, 6) is 0. The lowest BCUT2D eigenvalue weighted by atomic mass is 10.5. The number of halogens is 2. The molecular formula is C4H6I2. The van der Waals surface area contributed by atoms with Crippen molar-refractivity contribution < 1.29 is 0 Å². The Balaban J connectivity index is 2.96. The summed E-state index contributed by atoms with van der Waals surface area (Å²) in [6.07, 6.45) is 1.95. The van der Waals surface area contributed by atoms with Gasteiger partial charge in [0.15, 0.2) is 0 Å². The molecule has 0 amide bonds. The van der Waals surface area contributed by atoms with Gasteiger partial charge >= 0.3 is 0 Å². The average Bonchev–Trinajstić information content (AvgIpc) is 1.65. The average molecular weight is 308 g/mol. The molecule has 1 atom stereocenters. The molecule has 0 spiro atoms. The van der Waals surface area contributed by atoms with Gasteiger partial charge in [-0.1, -0.05) is 51.3 Å². The second kappa shape index (κ2) is 4.36. The highest BCUT2D eigenvalue weighted by molar-refractivity contribution is 14.1. The minimum absolute atomic E-state index is 0.656. The van der Waals surface area contributed by atoms with Crippen molar-refractivity contribution in [2.45, 2.75) is 3.92 Å². The first-order valence-corrected chi connectivity index (χ1v) is 4.41. The summed E-state index contributed by atoms with van der Waals surface area (Å²) >= 11 is 4.68. The highest BCUT2D eigenvalue weighted by Crippen LogP contribution is 2.03. The van der Waals surface area contributed by atoms with E-state index in [1.807, 2.05) is 6.08 Å². The molecule has 0 aromatic rings. The van der Waals surface area contributed by atoms with Crippen LogP contribution in [0.3, 0.4) is 0 Å². The van der Waals surface area contributed by atoms with Gasteiger partial charge in [-0.25, -0.2) is 0 Å². The maximum Gasteiger partial charge on any atom is 0.0376 e. The smallest absolute Gasteiger partial charge is 0.0376 e. The summed E-state index contributed by atoms with van der Waals surface area (Å²) in [4.78, 5) is 0. The fourth-order valence-electron chi connectivity index (χ4n) is 0.0630. The SMILES string of the molecule is C=CC(I)CI. The van der Waals surface area contributed by atoms with Gasteiger partial charge in [0.1, 0.15) is 0 Å². The van der Waals surface area contributed by atoms with E-state index in [0.717, 1.165) is 0 Å². The first-order valence-electron chi connectivity index (χ1n) is 1.64. The number of hydrogen-bond donors (Lipinski definition) is 0. The predicted molar refractivity (Wildman–Crippen MR) is 46.9 cm³/mol. The Morgan fingerprint density at radius 3 is 2.33 bits per heavy atom. The standard InChI is InChI=1S/C4H6I2/c1-2-4(6)3-5/h2,4H,1,3H2. The molecular weight excluding hydrogens is 302 g/mol. The number of hydrogen-bond acceptors (Lipinski definition) is 0. The summed E-state index contributed by atoms with van der Waals surface area (Å²) in [6, 6.07) is 0. The van der Waals surface area contributed by atoms with Gasteiger partial charge in [-0.2, -0.15) is 0 Å². The normalized spacial score (nSPS) is 13.7. The van der Waals surface area contributed by atoms with E-state index in [2.05, 4.69) is 51.8 Å². The largest absolute Gasteiger partial charge is 0.102 e. The molecule has 0 aliphatic heterocycles. The van der Waals surface area contributed by atoms with Gasteiger partial charge in [0.2, 0.25) is 0 Å². The van der Waals surface area contributed by atoms with Gasteiger partial charge < -0.3 is 0 Å². The van der Waals surface area contributed by atoms with Crippen LogP contribution in [0.1, 0.15) is 0 Å². The van der Waals surface area contributed by atoms with Crippen LogP contribution >= 0.6 is 45.2 Å². The van der Waals surface area contributed by atoms with E-state index in [-0.39, 0.29) is 0 Å². The van der Waals surface area contributed by atoms with E-state index in [1.54, 1.807) is 0 Å². The molecule has 1 unspecified atom stereocenters. The van der Waals surface area contributed by atoms with Crippen LogP contribution in [-0.2, 0) is 0 Å². The number of alkyl halides is 2. The Hall–Kier alpha value is 1.20. The zero-order valence-corrected chi connectivity index (χ0v) is 7.64. The van der Waals surface area contributed by atoms with Crippen LogP contribution in [0, 0.1) is 0 Å². The molecule has 36 valence electrons. The zero-order valence-electron chi connectivity index (χ0n) is 3.32. The van der Waals surface area contributed by atoms with Crippen molar-refractivity contribution in [1.29, 1.82) is 0 Å². The van der Waals surface area contributed by atoms with Crippen molar-refractivity contribution in [2.75, 3.05) is 4.43 Å². The monoisotopic (exact) mass is 308 g/mol. The summed E-state index contributed by atoms with van der Waals surface area (Å²) < 4.78 is 1.82. The Morgan fingerprint density at radius 2 is 2.33 bits per heavy atom. The number of rotatable bonds is 2. The van der Waals surface area contributed by atoms with Crippen molar-refractivity contribution in [3.05, 3.63) is 12.7 Å². The molecule has 0 heterocycles. The predicted octanol–water partition coefficient (Wildman–Crippen LogP) is 2.41. The molecule has 0 aromatic heterocycles. The van der Waals surface area contributed by atoms with Crippen molar-refractivity contribution >= 4 is 45.2 Å². The van der Waals surface area contributed by atoms with Crippen LogP contribution in [0.5, 0.6) is 0 Å². The molecule has 0 aromatic carbocycles. The lowest BCUT2D eigenvalue weighted by Crippen LogP contribution is -1.88. The molecule has 0 bridgehead atoms. The fourth-order valence-corrected chi connectivity index (χ4v) is 0.423. The quantitative estimate of drug-likeness (QED) is 0.417. The van der Waals surface area contributed by atoms with Crippen LogP contribution in [0.25, 0.3) is 0 Å². The van der Waals surface area contributed by atoms with Gasteiger partial charge in [-0.15, -0.1) is 6.58 Å². The van der Waals surface area contributed by atoms with E-state index < -0.39 is 0 Å². The molecule has 0 radical (unpaired) electrons. The molecule has 2 heteroatoms. The first kappa shape index (κ1) is 7.20. The summed E-state index contributed by atoms with van der Waals surface area (Å²) in [7, 11) is 0. The maximum atomic E-state index is 3.62. The molecule has 0 rings (SSSR count). The molecule has 6 heavy (non-hydrogen) atoms. The Morgan fingerprint density at radius 1 is 1.83 bits per heavy atom. The number of allylic oxidation sites excluding steroid dienone is 1. The molecule has 0 N–H and O–H groups in total. The molecule has 0 saturated carbocycles. The van der Waals surface area contributed by atoms with Crippen LogP contribution in [0.2, 0.25) is 0 Å². The van der Waals surface area contributed by atoms with Gasteiger partial charge in [-0.3, -0.25) is 0 Å². The van der Waals surface area contributed by atoms with Gasteiger partial charge in [0.05, 0.1) is 0 Å². The van der Waals surface area contributed by atoms with E-state index in [9.17, 15) is 0 Å². The minimum atomic E-state index is 0.656. The Labute approximate surface area is 65.7 Å². The van der Waals surface area contributed by atoms with E-state index in [1.165, 1.54) is 4.43 Å². The maximum absolute atomic E-state index is 3.62. The van der Waals surface area contributed by atoms with Crippen LogP contribution in [0.4, 0.5) is 0 Å². The van der Waals surface area contributed by atoms with Gasteiger partial charge in [0, 0.05) is 8.35 Å². The molecule has 0 aliphatic rings. The lowest BCUT2D eigenvalue weighted by Gasteiger charge is -1.90. The zero-order chi connectivity index (χ0) is 4.99. The van der Waals surface area contributed by atoms with Gasteiger partial charge in [-0.05, 0) is 0 Å². The third-order valence-corrected chi connectivity index (χ3v) is 3.99. The van der Waals surface area contributed by atoms with Gasteiger partial charge in [0.25, 0.3) is 0 Å². The van der Waals surface area contributed by atoms with Crippen molar-refractivity contribution in [3.8, 4) is 0 Å². The highest BCUT2D eigenvalue weighted by Gasteiger charge is 1.88. The molecule has 0 aliphatic carbocycles. The second-order valence-corrected chi connectivity index (χ2v) is 3.39. The van der Waals surface area contributed by atoms with Crippen molar-refractivity contribution in [1.82, 2.24) is 0 Å². The van der Waals surface area contributed by atoms with Crippen LogP contribution < -0.4 is 0 Å². The topological polar surface area (TPSA) is 0 Å².